The minimum absolute atomic E-state index is 0.265. The van der Waals surface area contributed by atoms with Crippen LogP contribution in [0.1, 0.15) is 24.2 Å². The minimum Gasteiger partial charge on any atom is -0.357 e. The van der Waals surface area contributed by atoms with Crippen molar-refractivity contribution < 1.29 is 0 Å². The van der Waals surface area contributed by atoms with Gasteiger partial charge < -0.3 is 10.3 Å². The van der Waals surface area contributed by atoms with Crippen LogP contribution in [0.4, 0.5) is 0 Å². The molecule has 2 nitrogen and oxygen atoms in total. The van der Waals surface area contributed by atoms with Gasteiger partial charge in [0.05, 0.1) is 0 Å². The third-order valence-electron chi connectivity index (χ3n) is 5.69. The first-order valence-corrected chi connectivity index (χ1v) is 10.2. The fourth-order valence-corrected chi connectivity index (χ4v) is 4.18. The van der Waals surface area contributed by atoms with Crippen molar-refractivity contribution in [1.82, 2.24) is 10.3 Å². The third-order valence-corrected chi connectivity index (χ3v) is 5.69. The first-order chi connectivity index (χ1) is 14.3. The van der Waals surface area contributed by atoms with E-state index < -0.39 is 0 Å². The van der Waals surface area contributed by atoms with E-state index in [-0.39, 0.29) is 6.04 Å². The highest BCUT2D eigenvalue weighted by molar-refractivity contribution is 5.95. The summed E-state index contributed by atoms with van der Waals surface area (Å²) in [7, 11) is 0. The molecule has 5 aromatic rings. The molecule has 5 rings (SSSR count). The predicted octanol–water partition coefficient (Wildman–Crippen LogP) is 6.84. The SMILES string of the molecule is C[C@@H](NCc1cc2c(-c3ccccc3)cccc2[nH]1)c1cccc2ccccc12. The average Bonchev–Trinajstić information content (AvgIpc) is 3.21. The molecular formula is C27H24N2. The lowest BCUT2D eigenvalue weighted by atomic mass is 9.99. The molecule has 0 unspecified atom stereocenters. The molecule has 0 fully saturated rings. The Labute approximate surface area is 171 Å². The topological polar surface area (TPSA) is 27.8 Å². The second-order valence-corrected chi connectivity index (χ2v) is 7.60. The number of benzene rings is 4. The Hall–Kier alpha value is -3.36. The van der Waals surface area contributed by atoms with E-state index >= 15 is 0 Å². The van der Waals surface area contributed by atoms with E-state index in [9.17, 15) is 0 Å². The lowest BCUT2D eigenvalue weighted by Gasteiger charge is -2.16. The van der Waals surface area contributed by atoms with Crippen LogP contribution >= 0.6 is 0 Å². The summed E-state index contributed by atoms with van der Waals surface area (Å²) in [5.41, 5.74) is 6.24. The molecule has 2 N–H and O–H groups in total. The lowest BCUT2D eigenvalue weighted by Crippen LogP contribution is -2.18. The summed E-state index contributed by atoms with van der Waals surface area (Å²) < 4.78 is 0. The molecule has 0 aliphatic rings. The molecule has 142 valence electrons. The predicted molar refractivity (Wildman–Crippen MR) is 123 cm³/mol. The molecule has 2 heteroatoms. The Morgan fingerprint density at radius 1 is 0.759 bits per heavy atom. The van der Waals surface area contributed by atoms with Crippen LogP contribution in [0.5, 0.6) is 0 Å². The zero-order chi connectivity index (χ0) is 19.6. The molecule has 0 aliphatic carbocycles. The Morgan fingerprint density at radius 2 is 1.52 bits per heavy atom. The van der Waals surface area contributed by atoms with E-state index in [2.05, 4.69) is 114 Å². The summed E-state index contributed by atoms with van der Waals surface area (Å²) in [6.07, 6.45) is 0. The highest BCUT2D eigenvalue weighted by Gasteiger charge is 2.11. The highest BCUT2D eigenvalue weighted by Crippen LogP contribution is 2.29. The number of fused-ring (bicyclic) bond motifs is 2. The Kier molecular flexibility index (Phi) is 4.63. The molecule has 0 amide bonds. The first kappa shape index (κ1) is 17.7. The van der Waals surface area contributed by atoms with Crippen molar-refractivity contribution >= 4 is 21.7 Å². The van der Waals surface area contributed by atoms with Crippen LogP contribution in [0.25, 0.3) is 32.8 Å². The normalized spacial score (nSPS) is 12.4. The van der Waals surface area contributed by atoms with Gasteiger partial charge in [-0.05, 0) is 46.5 Å². The maximum absolute atomic E-state index is 3.70. The summed E-state index contributed by atoms with van der Waals surface area (Å²) >= 11 is 0. The van der Waals surface area contributed by atoms with Crippen molar-refractivity contribution in [2.45, 2.75) is 19.5 Å². The van der Waals surface area contributed by atoms with Crippen LogP contribution in [-0.2, 0) is 6.54 Å². The molecular weight excluding hydrogens is 352 g/mol. The van der Waals surface area contributed by atoms with Gasteiger partial charge in [0.15, 0.2) is 0 Å². The maximum atomic E-state index is 3.70. The maximum Gasteiger partial charge on any atom is 0.0462 e. The van der Waals surface area contributed by atoms with Gasteiger partial charge >= 0.3 is 0 Å². The van der Waals surface area contributed by atoms with E-state index in [1.165, 1.54) is 44.1 Å². The van der Waals surface area contributed by atoms with Gasteiger partial charge in [-0.25, -0.2) is 0 Å². The second-order valence-electron chi connectivity index (χ2n) is 7.60. The molecule has 0 saturated heterocycles. The number of aromatic amines is 1. The fraction of sp³-hybridized carbons (Fsp3) is 0.111. The zero-order valence-electron chi connectivity index (χ0n) is 16.5. The van der Waals surface area contributed by atoms with Crippen LogP contribution in [0.15, 0.2) is 97.1 Å². The van der Waals surface area contributed by atoms with E-state index in [0.717, 1.165) is 6.54 Å². The number of hydrogen-bond donors (Lipinski definition) is 2. The summed E-state index contributed by atoms with van der Waals surface area (Å²) in [6, 6.07) is 34.7. The first-order valence-electron chi connectivity index (χ1n) is 10.2. The quantitative estimate of drug-likeness (QED) is 0.345. The number of hydrogen-bond acceptors (Lipinski definition) is 1. The van der Waals surface area contributed by atoms with Crippen LogP contribution in [0, 0.1) is 0 Å². The van der Waals surface area contributed by atoms with Gasteiger partial charge in [0, 0.05) is 29.2 Å². The zero-order valence-corrected chi connectivity index (χ0v) is 16.5. The van der Waals surface area contributed by atoms with Crippen molar-refractivity contribution in [2.24, 2.45) is 0 Å². The van der Waals surface area contributed by atoms with Crippen molar-refractivity contribution in [2.75, 3.05) is 0 Å². The molecule has 0 aliphatic heterocycles. The number of aromatic nitrogens is 1. The Bertz CT molecular complexity index is 1260. The van der Waals surface area contributed by atoms with Gasteiger partial charge in [0.2, 0.25) is 0 Å². The smallest absolute Gasteiger partial charge is 0.0462 e. The molecule has 0 spiro atoms. The van der Waals surface area contributed by atoms with Crippen molar-refractivity contribution in [3.05, 3.63) is 108 Å². The van der Waals surface area contributed by atoms with Gasteiger partial charge in [0.1, 0.15) is 0 Å². The van der Waals surface area contributed by atoms with Crippen molar-refractivity contribution in [1.29, 1.82) is 0 Å². The largest absolute Gasteiger partial charge is 0.357 e. The number of rotatable bonds is 5. The second kappa shape index (κ2) is 7.57. The standard InChI is InChI=1S/C27H24N2/c1-19(23-14-7-12-21-11-5-6-13-24(21)23)28-18-22-17-26-25(15-8-16-27(26)29-22)20-9-3-2-4-10-20/h2-17,19,28-29H,18H2,1H3/t19-/m1/s1. The van der Waals surface area contributed by atoms with Gasteiger partial charge in [-0.15, -0.1) is 0 Å². The van der Waals surface area contributed by atoms with Gasteiger partial charge in [-0.3, -0.25) is 0 Å². The lowest BCUT2D eigenvalue weighted by molar-refractivity contribution is 0.573. The molecule has 1 heterocycles. The van der Waals surface area contributed by atoms with Gasteiger partial charge in [-0.1, -0.05) is 84.9 Å². The van der Waals surface area contributed by atoms with Crippen molar-refractivity contribution in [3.8, 4) is 11.1 Å². The van der Waals surface area contributed by atoms with E-state index in [0.29, 0.717) is 0 Å². The summed E-state index contributed by atoms with van der Waals surface area (Å²) in [5, 5.41) is 7.57. The summed E-state index contributed by atoms with van der Waals surface area (Å²) in [5.74, 6) is 0. The van der Waals surface area contributed by atoms with Gasteiger partial charge in [-0.2, -0.15) is 0 Å². The Balaban J connectivity index is 1.41. The minimum atomic E-state index is 0.265. The van der Waals surface area contributed by atoms with Gasteiger partial charge in [0.25, 0.3) is 0 Å². The molecule has 4 aromatic carbocycles. The molecule has 0 bridgehead atoms. The van der Waals surface area contributed by atoms with Crippen molar-refractivity contribution in [3.63, 3.8) is 0 Å². The molecule has 0 saturated carbocycles. The van der Waals surface area contributed by atoms with Crippen LogP contribution in [-0.4, -0.2) is 4.98 Å². The third kappa shape index (κ3) is 3.43. The Morgan fingerprint density at radius 3 is 2.41 bits per heavy atom. The van der Waals surface area contributed by atoms with Crippen LogP contribution < -0.4 is 5.32 Å². The monoisotopic (exact) mass is 376 g/mol. The van der Waals surface area contributed by atoms with Crippen LogP contribution in [0.2, 0.25) is 0 Å². The number of nitrogens with one attached hydrogen (secondary N) is 2. The molecule has 29 heavy (non-hydrogen) atoms. The highest BCUT2D eigenvalue weighted by atomic mass is 14.9. The average molecular weight is 377 g/mol. The molecule has 1 atom stereocenters. The molecule has 0 radical (unpaired) electrons. The van der Waals surface area contributed by atoms with E-state index in [4.69, 9.17) is 0 Å². The van der Waals surface area contributed by atoms with E-state index in [1.807, 2.05) is 0 Å². The van der Waals surface area contributed by atoms with Crippen LogP contribution in [0.3, 0.4) is 0 Å². The summed E-state index contributed by atoms with van der Waals surface area (Å²) in [6.45, 7) is 3.03. The number of H-pyrrole nitrogens is 1. The fourth-order valence-electron chi connectivity index (χ4n) is 4.18. The molecule has 1 aromatic heterocycles. The summed E-state index contributed by atoms with van der Waals surface area (Å²) in [4.78, 5) is 3.59. The van der Waals surface area contributed by atoms with E-state index in [1.54, 1.807) is 0 Å².